The standard InChI is InChI=1S/C12H17NO4/c14-10(15)6-3-7-13-11(16)8-4-1-2-5-9(8)12(13)17/h8-9H,1-7H2,(H,14,15)/t8-,9+. The number of nitrogens with zero attached hydrogens (tertiary/aromatic N) is 1. The number of amides is 2. The number of carbonyl (C=O) groups is 3. The van der Waals surface area contributed by atoms with Gasteiger partial charge in [-0.2, -0.15) is 0 Å². The third kappa shape index (κ3) is 2.33. The number of hydrogen-bond acceptors (Lipinski definition) is 3. The number of imide groups is 1. The number of rotatable bonds is 4. The molecule has 94 valence electrons. The van der Waals surface area contributed by atoms with E-state index in [-0.39, 0.29) is 36.6 Å². The zero-order valence-corrected chi connectivity index (χ0v) is 9.72. The molecule has 5 heteroatoms. The van der Waals surface area contributed by atoms with Crippen molar-refractivity contribution in [2.45, 2.75) is 38.5 Å². The summed E-state index contributed by atoms with van der Waals surface area (Å²) in [7, 11) is 0. The van der Waals surface area contributed by atoms with Crippen LogP contribution >= 0.6 is 0 Å². The minimum Gasteiger partial charge on any atom is -0.481 e. The molecule has 0 aromatic heterocycles. The lowest BCUT2D eigenvalue weighted by Gasteiger charge is -2.19. The van der Waals surface area contributed by atoms with E-state index in [1.165, 1.54) is 4.90 Å². The predicted octanol–water partition coefficient (Wildman–Crippen LogP) is 1.03. The summed E-state index contributed by atoms with van der Waals surface area (Å²) in [5.41, 5.74) is 0. The first-order valence-electron chi connectivity index (χ1n) is 6.18. The van der Waals surface area contributed by atoms with Crippen LogP contribution in [-0.2, 0) is 14.4 Å². The highest BCUT2D eigenvalue weighted by atomic mass is 16.4. The quantitative estimate of drug-likeness (QED) is 0.743. The van der Waals surface area contributed by atoms with E-state index in [4.69, 9.17) is 5.11 Å². The number of fused-ring (bicyclic) bond motifs is 1. The molecule has 0 bridgehead atoms. The summed E-state index contributed by atoms with van der Waals surface area (Å²) < 4.78 is 0. The maximum atomic E-state index is 12.0. The van der Waals surface area contributed by atoms with Crippen molar-refractivity contribution >= 4 is 17.8 Å². The van der Waals surface area contributed by atoms with Crippen LogP contribution in [0.5, 0.6) is 0 Å². The lowest BCUT2D eigenvalue weighted by Crippen LogP contribution is -2.32. The predicted molar refractivity (Wildman–Crippen MR) is 59.0 cm³/mol. The molecule has 1 heterocycles. The fourth-order valence-electron chi connectivity index (χ4n) is 2.84. The zero-order chi connectivity index (χ0) is 12.4. The average molecular weight is 239 g/mol. The molecule has 1 saturated heterocycles. The summed E-state index contributed by atoms with van der Waals surface area (Å²) in [5.74, 6) is -1.29. The Morgan fingerprint density at radius 3 is 2.18 bits per heavy atom. The third-order valence-electron chi connectivity index (χ3n) is 3.70. The van der Waals surface area contributed by atoms with E-state index >= 15 is 0 Å². The number of carboxylic acids is 1. The molecule has 2 fully saturated rings. The van der Waals surface area contributed by atoms with Crippen molar-refractivity contribution in [3.63, 3.8) is 0 Å². The Morgan fingerprint density at radius 2 is 1.71 bits per heavy atom. The second-order valence-corrected chi connectivity index (χ2v) is 4.82. The van der Waals surface area contributed by atoms with Crippen molar-refractivity contribution < 1.29 is 19.5 Å². The average Bonchev–Trinajstić information content (AvgIpc) is 2.54. The number of carboxylic acid groups (broad SMARTS) is 1. The van der Waals surface area contributed by atoms with E-state index in [0.717, 1.165) is 25.7 Å². The SMILES string of the molecule is O=C(O)CCCN1C(=O)[C@H]2CCCC[C@H]2C1=O. The highest BCUT2D eigenvalue weighted by Gasteiger charge is 2.47. The zero-order valence-electron chi connectivity index (χ0n) is 9.72. The van der Waals surface area contributed by atoms with Crippen LogP contribution in [-0.4, -0.2) is 34.3 Å². The lowest BCUT2D eigenvalue weighted by atomic mass is 9.81. The molecule has 2 rings (SSSR count). The molecule has 1 aliphatic carbocycles. The van der Waals surface area contributed by atoms with Crippen LogP contribution < -0.4 is 0 Å². The number of aliphatic carboxylic acids is 1. The first kappa shape index (κ1) is 12.1. The van der Waals surface area contributed by atoms with Crippen LogP contribution in [0.4, 0.5) is 0 Å². The smallest absolute Gasteiger partial charge is 0.303 e. The fraction of sp³-hybridized carbons (Fsp3) is 0.750. The first-order valence-corrected chi connectivity index (χ1v) is 6.18. The monoisotopic (exact) mass is 239 g/mol. The molecule has 2 amide bonds. The van der Waals surface area contributed by atoms with Gasteiger partial charge in [0, 0.05) is 13.0 Å². The van der Waals surface area contributed by atoms with Gasteiger partial charge in [0.15, 0.2) is 0 Å². The third-order valence-corrected chi connectivity index (χ3v) is 3.70. The van der Waals surface area contributed by atoms with E-state index in [2.05, 4.69) is 0 Å². The van der Waals surface area contributed by atoms with Crippen molar-refractivity contribution in [1.82, 2.24) is 4.90 Å². The van der Waals surface area contributed by atoms with Gasteiger partial charge in [0.25, 0.3) is 0 Å². The van der Waals surface area contributed by atoms with Gasteiger partial charge in [0.05, 0.1) is 11.8 Å². The van der Waals surface area contributed by atoms with Gasteiger partial charge >= 0.3 is 5.97 Å². The molecule has 2 atom stereocenters. The van der Waals surface area contributed by atoms with Crippen molar-refractivity contribution in [3.05, 3.63) is 0 Å². The first-order chi connectivity index (χ1) is 8.11. The second-order valence-electron chi connectivity index (χ2n) is 4.82. The molecule has 2 aliphatic rings. The number of hydrogen-bond donors (Lipinski definition) is 1. The van der Waals surface area contributed by atoms with Gasteiger partial charge in [-0.3, -0.25) is 19.3 Å². The van der Waals surface area contributed by atoms with Crippen molar-refractivity contribution in [2.24, 2.45) is 11.8 Å². The maximum Gasteiger partial charge on any atom is 0.303 e. The summed E-state index contributed by atoms with van der Waals surface area (Å²) >= 11 is 0. The van der Waals surface area contributed by atoms with Gasteiger partial charge < -0.3 is 5.11 Å². The van der Waals surface area contributed by atoms with Crippen molar-refractivity contribution in [3.8, 4) is 0 Å². The Hall–Kier alpha value is -1.39. The van der Waals surface area contributed by atoms with E-state index in [0.29, 0.717) is 6.42 Å². The molecular formula is C12H17NO4. The van der Waals surface area contributed by atoms with Gasteiger partial charge in [0.1, 0.15) is 0 Å². The van der Waals surface area contributed by atoms with E-state index in [9.17, 15) is 14.4 Å². The van der Waals surface area contributed by atoms with Gasteiger partial charge in [0.2, 0.25) is 11.8 Å². The van der Waals surface area contributed by atoms with E-state index in [1.807, 2.05) is 0 Å². The molecule has 0 unspecified atom stereocenters. The molecule has 0 aromatic rings. The second kappa shape index (κ2) is 4.85. The normalized spacial score (nSPS) is 28.4. The van der Waals surface area contributed by atoms with Gasteiger partial charge in [-0.25, -0.2) is 0 Å². The van der Waals surface area contributed by atoms with Crippen LogP contribution in [0.15, 0.2) is 0 Å². The Kier molecular flexibility index (Phi) is 3.45. The molecule has 1 N–H and O–H groups in total. The molecule has 1 aliphatic heterocycles. The maximum absolute atomic E-state index is 12.0. The van der Waals surface area contributed by atoms with E-state index < -0.39 is 5.97 Å². The van der Waals surface area contributed by atoms with E-state index in [1.54, 1.807) is 0 Å². The Bertz CT molecular complexity index is 328. The highest BCUT2D eigenvalue weighted by molar-refractivity contribution is 6.05. The van der Waals surface area contributed by atoms with Gasteiger partial charge in [-0.1, -0.05) is 12.8 Å². The minimum absolute atomic E-state index is 0.00634. The summed E-state index contributed by atoms with van der Waals surface area (Å²) in [6, 6.07) is 0. The number of likely N-dealkylation sites (tertiary alicyclic amines) is 1. The molecule has 0 radical (unpaired) electrons. The van der Waals surface area contributed by atoms with Crippen LogP contribution in [0.1, 0.15) is 38.5 Å². The summed E-state index contributed by atoms with van der Waals surface area (Å²) in [6.07, 6.45) is 4.01. The Balaban J connectivity index is 1.96. The molecule has 0 aromatic carbocycles. The Morgan fingerprint density at radius 1 is 1.18 bits per heavy atom. The molecular weight excluding hydrogens is 222 g/mol. The summed E-state index contributed by atoms with van der Waals surface area (Å²) in [5, 5.41) is 8.54. The van der Waals surface area contributed by atoms with Crippen LogP contribution in [0.2, 0.25) is 0 Å². The lowest BCUT2D eigenvalue weighted by molar-refractivity contribution is -0.142. The van der Waals surface area contributed by atoms with Gasteiger partial charge in [-0.15, -0.1) is 0 Å². The van der Waals surface area contributed by atoms with Crippen LogP contribution in [0.25, 0.3) is 0 Å². The summed E-state index contributed by atoms with van der Waals surface area (Å²) in [4.78, 5) is 35.6. The van der Waals surface area contributed by atoms with Crippen LogP contribution in [0.3, 0.4) is 0 Å². The molecule has 0 spiro atoms. The molecule has 17 heavy (non-hydrogen) atoms. The Labute approximate surface area is 99.8 Å². The van der Waals surface area contributed by atoms with Crippen molar-refractivity contribution in [2.75, 3.05) is 6.54 Å². The molecule has 1 saturated carbocycles. The van der Waals surface area contributed by atoms with Gasteiger partial charge in [-0.05, 0) is 19.3 Å². The summed E-state index contributed by atoms with van der Waals surface area (Å²) in [6.45, 7) is 0.261. The molecule has 5 nitrogen and oxygen atoms in total. The topological polar surface area (TPSA) is 74.7 Å². The minimum atomic E-state index is -0.887. The fourth-order valence-corrected chi connectivity index (χ4v) is 2.84. The number of carbonyl (C=O) groups excluding carboxylic acids is 2. The van der Waals surface area contributed by atoms with Crippen molar-refractivity contribution in [1.29, 1.82) is 0 Å². The highest BCUT2D eigenvalue weighted by Crippen LogP contribution is 2.37. The van der Waals surface area contributed by atoms with Crippen LogP contribution in [0, 0.1) is 11.8 Å². The largest absolute Gasteiger partial charge is 0.481 e.